The molecule has 10 heteroatoms. The molecule has 1 atom stereocenters. The average molecular weight is 517 g/mol. The van der Waals surface area contributed by atoms with Crippen LogP contribution in [-0.2, 0) is 14.6 Å². The highest BCUT2D eigenvalue weighted by atomic mass is 32.2. The Hall–Kier alpha value is -2.53. The van der Waals surface area contributed by atoms with Crippen molar-refractivity contribution in [3.8, 4) is 17.2 Å². The molecule has 3 heterocycles. The summed E-state index contributed by atoms with van der Waals surface area (Å²) in [5, 5.41) is 11.4. The minimum Gasteiger partial charge on any atom is -0.488 e. The van der Waals surface area contributed by atoms with Crippen molar-refractivity contribution in [1.82, 2.24) is 4.98 Å². The van der Waals surface area contributed by atoms with Gasteiger partial charge in [-0.05, 0) is 42.8 Å². The third kappa shape index (κ3) is 5.66. The van der Waals surface area contributed by atoms with Crippen molar-refractivity contribution >= 4 is 37.5 Å². The van der Waals surface area contributed by atoms with E-state index in [1.165, 1.54) is 18.4 Å². The minimum atomic E-state index is -3.27. The van der Waals surface area contributed by atoms with E-state index in [-0.39, 0.29) is 22.9 Å². The van der Waals surface area contributed by atoms with Crippen LogP contribution in [0.5, 0.6) is 17.2 Å². The number of aromatic amines is 1. The van der Waals surface area contributed by atoms with Crippen LogP contribution < -0.4 is 9.47 Å². The third-order valence-electron chi connectivity index (χ3n) is 6.01. The van der Waals surface area contributed by atoms with Crippen molar-refractivity contribution in [3.63, 3.8) is 0 Å². The van der Waals surface area contributed by atoms with Gasteiger partial charge in [0.1, 0.15) is 28.4 Å². The maximum absolute atomic E-state index is 11.8. The van der Waals surface area contributed by atoms with Gasteiger partial charge >= 0.3 is 0 Å². The highest BCUT2D eigenvalue weighted by Gasteiger charge is 2.23. The molecule has 0 radical (unpaired) electrons. The van der Waals surface area contributed by atoms with Gasteiger partial charge in [0.15, 0.2) is 9.84 Å². The average Bonchev–Trinajstić information content (AvgIpc) is 3.47. The Morgan fingerprint density at radius 2 is 1.91 bits per heavy atom. The van der Waals surface area contributed by atoms with Crippen LogP contribution in [-0.4, -0.2) is 67.5 Å². The molecule has 3 aromatic rings. The number of aromatic nitrogens is 1. The number of thioether (sulfide) groups is 1. The largest absolute Gasteiger partial charge is 0.488 e. The van der Waals surface area contributed by atoms with Crippen LogP contribution in [0.2, 0.25) is 0 Å². The number of aliphatic hydroxyl groups excluding tert-OH is 1. The van der Waals surface area contributed by atoms with E-state index in [1.807, 2.05) is 18.2 Å². The van der Waals surface area contributed by atoms with Crippen LogP contribution in [0.15, 0.2) is 52.4 Å². The third-order valence-corrected chi connectivity index (χ3v) is 8.43. The van der Waals surface area contributed by atoms with Crippen molar-refractivity contribution in [2.45, 2.75) is 35.5 Å². The molecule has 1 saturated heterocycles. The van der Waals surface area contributed by atoms with E-state index in [4.69, 9.17) is 14.2 Å². The summed E-state index contributed by atoms with van der Waals surface area (Å²) in [6.07, 6.45) is 3.58. The zero-order valence-corrected chi connectivity index (χ0v) is 21.0. The van der Waals surface area contributed by atoms with Gasteiger partial charge < -0.3 is 24.3 Å². The van der Waals surface area contributed by atoms with Gasteiger partial charge in [0, 0.05) is 42.4 Å². The zero-order chi connectivity index (χ0) is 24.4. The molecule has 186 valence electrons. The van der Waals surface area contributed by atoms with E-state index in [0.29, 0.717) is 43.4 Å². The van der Waals surface area contributed by atoms with Gasteiger partial charge in [-0.15, -0.1) is 0 Å². The van der Waals surface area contributed by atoms with Crippen molar-refractivity contribution in [2.24, 2.45) is 4.99 Å². The van der Waals surface area contributed by atoms with Crippen LogP contribution in [0.4, 0.5) is 0 Å². The second-order valence-electron chi connectivity index (χ2n) is 8.74. The standard InChI is InChI=1S/C25H28N2O6S2/c1-35(29,30)21-4-2-17(3-5-21)32-19-12-16-13-22(25-26-15-20(34-25)6-9-28)27-24(16)23(14-19)33-18-7-10-31-11-8-18/h2-5,12-14,18,20,27-28H,6-11,15H2,1H3. The van der Waals surface area contributed by atoms with Crippen molar-refractivity contribution in [1.29, 1.82) is 0 Å². The molecule has 0 amide bonds. The lowest BCUT2D eigenvalue weighted by molar-refractivity contribution is 0.0260. The quantitative estimate of drug-likeness (QED) is 0.462. The number of nitrogens with one attached hydrogen (secondary N) is 1. The summed E-state index contributed by atoms with van der Waals surface area (Å²) in [5.41, 5.74) is 1.79. The molecule has 0 aliphatic carbocycles. The van der Waals surface area contributed by atoms with E-state index in [2.05, 4.69) is 9.98 Å². The van der Waals surface area contributed by atoms with E-state index < -0.39 is 9.84 Å². The topological polar surface area (TPSA) is 110 Å². The van der Waals surface area contributed by atoms with E-state index in [1.54, 1.807) is 23.9 Å². The normalized spacial score (nSPS) is 19.1. The molecular weight excluding hydrogens is 488 g/mol. The second kappa shape index (κ2) is 10.2. The van der Waals surface area contributed by atoms with Crippen LogP contribution >= 0.6 is 11.8 Å². The SMILES string of the molecule is CS(=O)(=O)c1ccc(Oc2cc(OC3CCOCC3)c3[nH]c(C4=NCC(CCO)S4)cc3c2)cc1. The summed E-state index contributed by atoms with van der Waals surface area (Å²) in [7, 11) is -3.27. The lowest BCUT2D eigenvalue weighted by Crippen LogP contribution is -2.25. The van der Waals surface area contributed by atoms with Crippen molar-refractivity contribution in [2.75, 3.05) is 32.6 Å². The Kier molecular flexibility index (Phi) is 7.06. The number of fused-ring (bicyclic) bond motifs is 1. The fraction of sp³-hybridized carbons (Fsp3) is 0.400. The van der Waals surface area contributed by atoms with Crippen LogP contribution in [0.25, 0.3) is 10.9 Å². The molecule has 1 fully saturated rings. The highest BCUT2D eigenvalue weighted by Crippen LogP contribution is 2.37. The Balaban J connectivity index is 1.46. The maximum Gasteiger partial charge on any atom is 0.175 e. The number of aliphatic imine (C=N–C) groups is 1. The number of sulfone groups is 1. The van der Waals surface area contributed by atoms with Gasteiger partial charge in [0.05, 0.1) is 35.9 Å². The van der Waals surface area contributed by atoms with Crippen LogP contribution in [0.3, 0.4) is 0 Å². The summed E-state index contributed by atoms with van der Waals surface area (Å²) in [6, 6.07) is 12.2. The Labute approximate surface area is 208 Å². The second-order valence-corrected chi connectivity index (χ2v) is 12.0. The number of hydrogen-bond donors (Lipinski definition) is 2. The first-order chi connectivity index (χ1) is 16.9. The molecule has 0 saturated carbocycles. The van der Waals surface area contributed by atoms with Gasteiger partial charge in [-0.3, -0.25) is 4.99 Å². The van der Waals surface area contributed by atoms with Crippen LogP contribution in [0, 0.1) is 0 Å². The predicted molar refractivity (Wildman–Crippen MR) is 137 cm³/mol. The summed E-state index contributed by atoms with van der Waals surface area (Å²) in [6.45, 7) is 2.19. The van der Waals surface area contributed by atoms with Crippen molar-refractivity contribution < 1.29 is 27.7 Å². The lowest BCUT2D eigenvalue weighted by Gasteiger charge is -2.24. The Morgan fingerprint density at radius 1 is 1.14 bits per heavy atom. The van der Waals surface area contributed by atoms with E-state index in [9.17, 15) is 13.5 Å². The Bertz CT molecular complexity index is 1330. The van der Waals surface area contributed by atoms with Crippen LogP contribution in [0.1, 0.15) is 25.0 Å². The monoisotopic (exact) mass is 516 g/mol. The molecule has 5 rings (SSSR count). The first-order valence-corrected chi connectivity index (χ1v) is 14.4. The van der Waals surface area contributed by atoms with Gasteiger partial charge in [0.25, 0.3) is 0 Å². The van der Waals surface area contributed by atoms with Gasteiger partial charge in [-0.25, -0.2) is 8.42 Å². The van der Waals surface area contributed by atoms with Gasteiger partial charge in [-0.1, -0.05) is 11.8 Å². The fourth-order valence-corrected chi connectivity index (χ4v) is 5.88. The van der Waals surface area contributed by atoms with Crippen molar-refractivity contribution in [3.05, 3.63) is 48.2 Å². The molecule has 2 aromatic carbocycles. The molecule has 2 aliphatic rings. The molecular formula is C25H28N2O6S2. The Morgan fingerprint density at radius 3 is 2.63 bits per heavy atom. The molecule has 2 N–H and O–H groups in total. The van der Waals surface area contributed by atoms with E-state index >= 15 is 0 Å². The summed E-state index contributed by atoms with van der Waals surface area (Å²) in [5.74, 6) is 1.82. The maximum atomic E-state index is 11.8. The number of ether oxygens (including phenoxy) is 3. The number of aliphatic hydroxyl groups is 1. The van der Waals surface area contributed by atoms with Gasteiger partial charge in [-0.2, -0.15) is 0 Å². The summed E-state index contributed by atoms with van der Waals surface area (Å²) >= 11 is 1.68. The summed E-state index contributed by atoms with van der Waals surface area (Å²) < 4.78 is 41.5. The molecule has 35 heavy (non-hydrogen) atoms. The summed E-state index contributed by atoms with van der Waals surface area (Å²) in [4.78, 5) is 8.39. The first-order valence-electron chi connectivity index (χ1n) is 11.6. The number of rotatable bonds is 8. The zero-order valence-electron chi connectivity index (χ0n) is 19.4. The number of hydrogen-bond acceptors (Lipinski definition) is 8. The lowest BCUT2D eigenvalue weighted by atomic mass is 10.1. The number of benzene rings is 2. The molecule has 0 spiro atoms. The molecule has 0 bridgehead atoms. The van der Waals surface area contributed by atoms with Gasteiger partial charge in [0.2, 0.25) is 0 Å². The molecule has 8 nitrogen and oxygen atoms in total. The molecule has 1 aromatic heterocycles. The number of nitrogens with zero attached hydrogens (tertiary/aromatic N) is 1. The first kappa shape index (κ1) is 24.2. The predicted octanol–water partition coefficient (Wildman–Crippen LogP) is 4.17. The number of H-pyrrole nitrogens is 1. The fourth-order valence-electron chi connectivity index (χ4n) is 4.18. The smallest absolute Gasteiger partial charge is 0.175 e. The molecule has 2 aliphatic heterocycles. The molecule has 1 unspecified atom stereocenters. The minimum absolute atomic E-state index is 0.0510. The highest BCUT2D eigenvalue weighted by molar-refractivity contribution is 8.15. The van der Waals surface area contributed by atoms with E-state index in [0.717, 1.165) is 34.5 Å².